The molecule has 0 bridgehead atoms. The largest absolute Gasteiger partial charge is 0.449 e. The number of benzene rings is 4. The predicted octanol–water partition coefficient (Wildman–Crippen LogP) is 9.10. The van der Waals surface area contributed by atoms with Crippen molar-refractivity contribution < 1.29 is 45.1 Å². The van der Waals surface area contributed by atoms with Crippen LogP contribution in [-0.4, -0.2) is 29.6 Å². The lowest BCUT2D eigenvalue weighted by Gasteiger charge is -2.34. The van der Waals surface area contributed by atoms with Crippen LogP contribution in [-0.2, 0) is 14.3 Å². The molecule has 4 aromatic rings. The molecule has 4 aromatic carbocycles. The zero-order valence-electron chi connectivity index (χ0n) is 26.6. The van der Waals surface area contributed by atoms with Gasteiger partial charge in [-0.15, -0.1) is 0 Å². The van der Waals surface area contributed by atoms with E-state index in [-0.39, 0.29) is 23.7 Å². The summed E-state index contributed by atoms with van der Waals surface area (Å²) in [6.45, 7) is 5.20. The highest BCUT2D eigenvalue weighted by molar-refractivity contribution is 6.32. The van der Waals surface area contributed by atoms with E-state index >= 15 is 0 Å². The summed E-state index contributed by atoms with van der Waals surface area (Å²) in [5.74, 6) is -4.48. The Hall–Kier alpha value is -4.71. The second-order valence-corrected chi connectivity index (χ2v) is 11.1. The van der Waals surface area contributed by atoms with Crippen LogP contribution in [0.15, 0.2) is 97.1 Å². The second-order valence-electron chi connectivity index (χ2n) is 11.1. The fraction of sp³-hybridized carbons (Fsp3) is 0.278. The highest BCUT2D eigenvalue weighted by Crippen LogP contribution is 2.31. The van der Waals surface area contributed by atoms with Gasteiger partial charge in [-0.1, -0.05) is 48.5 Å². The van der Waals surface area contributed by atoms with Gasteiger partial charge in [0.25, 0.3) is 0 Å². The molecule has 0 aliphatic rings. The summed E-state index contributed by atoms with van der Waals surface area (Å²) in [4.78, 5) is 25.6. The molecule has 0 aliphatic carbocycles. The third kappa shape index (κ3) is 11.2. The molecular formula is C36H35F7N2O3. The number of esters is 1. The van der Waals surface area contributed by atoms with E-state index < -0.39 is 48.4 Å². The molecule has 0 saturated heterocycles. The van der Waals surface area contributed by atoms with E-state index in [9.17, 15) is 40.3 Å². The molecule has 0 spiro atoms. The van der Waals surface area contributed by atoms with Gasteiger partial charge < -0.3 is 15.0 Å². The van der Waals surface area contributed by atoms with Gasteiger partial charge in [0.15, 0.2) is 6.61 Å². The topological polar surface area (TPSA) is 58.6 Å². The number of ether oxygens (including phenoxy) is 1. The Kier molecular flexibility index (Phi) is 13.3. The fourth-order valence-electron chi connectivity index (χ4n) is 4.88. The third-order valence-corrected chi connectivity index (χ3v) is 7.56. The molecule has 0 fully saturated rings. The van der Waals surface area contributed by atoms with Crippen LogP contribution in [0, 0.1) is 23.3 Å². The van der Waals surface area contributed by atoms with E-state index in [1.807, 2.05) is 13.8 Å². The molecule has 5 nitrogen and oxygen atoms in total. The maximum Gasteiger partial charge on any atom is 0.422 e. The Morgan fingerprint density at radius 3 is 1.17 bits per heavy atom. The van der Waals surface area contributed by atoms with Crippen LogP contribution in [0.25, 0.3) is 0 Å². The molecule has 48 heavy (non-hydrogen) atoms. The highest BCUT2D eigenvalue weighted by atomic mass is 19.4. The standard InChI is InChI=1S/C20H18F5NO3.C16H17F2N/c1-12(14-3-7-16(21)8-4-14)26(13(2)15-5-9-17(22)10-6-15)18(27)19(28)29-11-20(23,24)25;1-11(13-3-7-15(17)8-4-13)19-12(2)14-5-9-16(18)10-6-14/h3-10,12-13H,11H2,1-2H3;3-12,19H,1-2H3. The minimum atomic E-state index is -4.79. The van der Waals surface area contributed by atoms with Gasteiger partial charge in [0.05, 0.1) is 12.1 Å². The van der Waals surface area contributed by atoms with Crippen LogP contribution in [0.3, 0.4) is 0 Å². The lowest BCUT2D eigenvalue weighted by molar-refractivity contribution is -0.190. The Balaban J connectivity index is 0.000000284. The number of alkyl halides is 3. The first-order valence-corrected chi connectivity index (χ1v) is 14.9. The van der Waals surface area contributed by atoms with Gasteiger partial charge in [-0.2, -0.15) is 13.2 Å². The van der Waals surface area contributed by atoms with Crippen LogP contribution < -0.4 is 5.32 Å². The fourth-order valence-corrected chi connectivity index (χ4v) is 4.88. The van der Waals surface area contributed by atoms with Gasteiger partial charge in [-0.05, 0) is 98.5 Å². The van der Waals surface area contributed by atoms with Gasteiger partial charge >= 0.3 is 18.1 Å². The van der Waals surface area contributed by atoms with Crippen molar-refractivity contribution in [3.8, 4) is 0 Å². The van der Waals surface area contributed by atoms with Crippen LogP contribution in [0.5, 0.6) is 0 Å². The summed E-state index contributed by atoms with van der Waals surface area (Å²) in [5.41, 5.74) is 2.93. The van der Waals surface area contributed by atoms with Gasteiger partial charge in [0, 0.05) is 12.1 Å². The Morgan fingerprint density at radius 2 is 0.875 bits per heavy atom. The van der Waals surface area contributed by atoms with E-state index in [0.717, 1.165) is 40.3 Å². The maximum atomic E-state index is 13.2. The van der Waals surface area contributed by atoms with Gasteiger partial charge in [-0.25, -0.2) is 22.4 Å². The van der Waals surface area contributed by atoms with Gasteiger partial charge in [0.2, 0.25) is 0 Å². The van der Waals surface area contributed by atoms with E-state index in [1.165, 1.54) is 62.4 Å². The molecule has 0 saturated carbocycles. The van der Waals surface area contributed by atoms with Crippen molar-refractivity contribution in [1.82, 2.24) is 10.2 Å². The first-order chi connectivity index (χ1) is 22.6. The normalized spacial score (nSPS) is 13.7. The van der Waals surface area contributed by atoms with Crippen molar-refractivity contribution in [1.29, 1.82) is 0 Å². The average Bonchev–Trinajstić information content (AvgIpc) is 3.04. The Morgan fingerprint density at radius 1 is 0.583 bits per heavy atom. The molecule has 1 N–H and O–H groups in total. The number of rotatable bonds is 9. The first kappa shape index (κ1) is 37.7. The van der Waals surface area contributed by atoms with E-state index in [0.29, 0.717) is 11.1 Å². The molecule has 0 aliphatic heterocycles. The van der Waals surface area contributed by atoms with Crippen molar-refractivity contribution >= 4 is 11.9 Å². The molecule has 0 radical (unpaired) electrons. The van der Waals surface area contributed by atoms with Crippen LogP contribution in [0.2, 0.25) is 0 Å². The summed E-state index contributed by atoms with van der Waals surface area (Å²) in [7, 11) is 0. The number of nitrogens with one attached hydrogen (secondary N) is 1. The van der Waals surface area contributed by atoms with Crippen molar-refractivity contribution in [3.63, 3.8) is 0 Å². The predicted molar refractivity (Wildman–Crippen MR) is 166 cm³/mol. The van der Waals surface area contributed by atoms with E-state index in [2.05, 4.69) is 10.1 Å². The Labute approximate surface area is 274 Å². The molecule has 0 heterocycles. The number of hydrogen-bond donors (Lipinski definition) is 1. The zero-order chi connectivity index (χ0) is 35.6. The molecule has 4 rings (SSSR count). The number of amides is 1. The smallest absolute Gasteiger partial charge is 0.422 e. The molecule has 12 heteroatoms. The number of halogens is 7. The highest BCUT2D eigenvalue weighted by Gasteiger charge is 2.36. The molecular weight excluding hydrogens is 641 g/mol. The summed E-state index contributed by atoms with van der Waals surface area (Å²) in [6, 6.07) is 21.6. The summed E-state index contributed by atoms with van der Waals surface area (Å²) in [5, 5.41) is 3.41. The molecule has 256 valence electrons. The van der Waals surface area contributed by atoms with Crippen molar-refractivity contribution in [2.45, 2.75) is 58.0 Å². The SMILES string of the molecule is CC(NC(C)c1ccc(F)cc1)c1ccc(F)cc1.CC(c1ccc(F)cc1)N(C(=O)C(=O)OCC(F)(F)F)C(C)c1ccc(F)cc1. The second kappa shape index (κ2) is 16.9. The minimum Gasteiger partial charge on any atom is -0.449 e. The maximum absolute atomic E-state index is 13.2. The molecule has 4 unspecified atom stereocenters. The first-order valence-electron chi connectivity index (χ1n) is 14.9. The minimum absolute atomic E-state index is 0.0978. The monoisotopic (exact) mass is 676 g/mol. The summed E-state index contributed by atoms with van der Waals surface area (Å²) >= 11 is 0. The van der Waals surface area contributed by atoms with Crippen LogP contribution in [0.1, 0.15) is 74.1 Å². The molecule has 1 amide bonds. The summed E-state index contributed by atoms with van der Waals surface area (Å²) < 4.78 is 93.2. The Bertz CT molecular complexity index is 1510. The van der Waals surface area contributed by atoms with E-state index in [4.69, 9.17) is 0 Å². The quantitative estimate of drug-likeness (QED) is 0.109. The van der Waals surface area contributed by atoms with E-state index in [1.54, 1.807) is 24.3 Å². The lowest BCUT2D eigenvalue weighted by Crippen LogP contribution is -2.42. The average molecular weight is 677 g/mol. The van der Waals surface area contributed by atoms with Crippen molar-refractivity contribution in [2.24, 2.45) is 0 Å². The van der Waals surface area contributed by atoms with Gasteiger partial charge in [-0.3, -0.25) is 4.79 Å². The molecule has 0 aromatic heterocycles. The summed E-state index contributed by atoms with van der Waals surface area (Å²) in [6.07, 6.45) is -4.79. The van der Waals surface area contributed by atoms with Crippen molar-refractivity contribution in [2.75, 3.05) is 6.61 Å². The van der Waals surface area contributed by atoms with Crippen molar-refractivity contribution in [3.05, 3.63) is 143 Å². The van der Waals surface area contributed by atoms with Crippen LogP contribution >= 0.6 is 0 Å². The number of nitrogens with zero attached hydrogens (tertiary/aromatic N) is 1. The lowest BCUT2D eigenvalue weighted by atomic mass is 10.0. The third-order valence-electron chi connectivity index (χ3n) is 7.56. The van der Waals surface area contributed by atoms with Crippen LogP contribution in [0.4, 0.5) is 30.7 Å². The number of carbonyl (C=O) groups is 2. The number of hydrogen-bond acceptors (Lipinski definition) is 4. The van der Waals surface area contributed by atoms with Gasteiger partial charge in [0.1, 0.15) is 23.3 Å². The number of carbonyl (C=O) groups excluding carboxylic acids is 2. The molecule has 4 atom stereocenters. The zero-order valence-corrected chi connectivity index (χ0v) is 26.6.